The lowest BCUT2D eigenvalue weighted by atomic mass is 9.87. The Morgan fingerprint density at radius 3 is 2.65 bits per heavy atom. The van der Waals surface area contributed by atoms with Gasteiger partial charge in [-0.05, 0) is 24.1 Å². The Kier molecular flexibility index (Phi) is 3.26. The Balaban J connectivity index is 2.02. The number of amides is 1. The molecule has 1 amide bonds. The van der Waals surface area contributed by atoms with Crippen LogP contribution in [0.2, 0.25) is 0 Å². The molecule has 3 rings (SSSR count). The van der Waals surface area contributed by atoms with E-state index in [0.717, 1.165) is 11.1 Å². The van der Waals surface area contributed by atoms with E-state index in [1.54, 1.807) is 6.07 Å². The van der Waals surface area contributed by atoms with Crippen molar-refractivity contribution in [3.8, 4) is 0 Å². The molecule has 1 fully saturated rings. The topological polar surface area (TPSA) is 29.1 Å². The van der Waals surface area contributed by atoms with E-state index in [4.69, 9.17) is 0 Å². The third-order valence-corrected chi connectivity index (χ3v) is 3.83. The van der Waals surface area contributed by atoms with Crippen molar-refractivity contribution >= 4 is 5.91 Å². The fraction of sp³-hybridized carbons (Fsp3) is 0.235. The fourth-order valence-corrected chi connectivity index (χ4v) is 2.86. The maximum absolute atomic E-state index is 14.1. The van der Waals surface area contributed by atoms with Crippen molar-refractivity contribution in [1.29, 1.82) is 0 Å². The van der Waals surface area contributed by atoms with Gasteiger partial charge in [0.1, 0.15) is 5.82 Å². The predicted molar refractivity (Wildman–Crippen MR) is 75.8 cm³/mol. The molecule has 1 aliphatic heterocycles. The first kappa shape index (κ1) is 12.9. The molecule has 1 saturated heterocycles. The minimum absolute atomic E-state index is 0.0234. The van der Waals surface area contributed by atoms with E-state index >= 15 is 0 Å². The molecule has 2 aromatic rings. The number of carbonyl (C=O) groups excluding carboxylic acids is 1. The molecule has 2 nitrogen and oxygen atoms in total. The van der Waals surface area contributed by atoms with Gasteiger partial charge in [-0.3, -0.25) is 4.79 Å². The average molecular weight is 269 g/mol. The lowest BCUT2D eigenvalue weighted by Gasteiger charge is -2.20. The zero-order valence-electron chi connectivity index (χ0n) is 11.3. The number of carbonyl (C=O) groups is 1. The SMILES string of the molecule is Cc1ccc(F)c(C2CC(=O)NC2c2ccccc2)c1. The minimum Gasteiger partial charge on any atom is -0.349 e. The molecule has 3 heteroatoms. The Labute approximate surface area is 117 Å². The smallest absolute Gasteiger partial charge is 0.221 e. The number of hydrogen-bond donors (Lipinski definition) is 1. The molecule has 1 heterocycles. The summed E-state index contributed by atoms with van der Waals surface area (Å²) in [5.74, 6) is -0.410. The molecule has 0 spiro atoms. The zero-order chi connectivity index (χ0) is 14.1. The first-order chi connectivity index (χ1) is 9.65. The summed E-state index contributed by atoms with van der Waals surface area (Å²) in [6.07, 6.45) is 0.333. The number of nitrogens with one attached hydrogen (secondary N) is 1. The standard InChI is InChI=1S/C17H16FNO/c1-11-7-8-15(18)13(9-11)14-10-16(20)19-17(14)12-5-3-2-4-6-12/h2-9,14,17H,10H2,1H3,(H,19,20). The Bertz CT molecular complexity index is 639. The molecular formula is C17H16FNO. The zero-order valence-corrected chi connectivity index (χ0v) is 11.3. The van der Waals surface area contributed by atoms with E-state index in [-0.39, 0.29) is 23.7 Å². The van der Waals surface area contributed by atoms with Crippen LogP contribution in [0.1, 0.15) is 35.1 Å². The van der Waals surface area contributed by atoms with Crippen LogP contribution < -0.4 is 5.32 Å². The molecule has 2 unspecified atom stereocenters. The normalized spacial score (nSPS) is 21.8. The number of hydrogen-bond acceptors (Lipinski definition) is 1. The summed E-state index contributed by atoms with van der Waals surface area (Å²) in [4.78, 5) is 11.8. The molecule has 2 aromatic carbocycles. The van der Waals surface area contributed by atoms with E-state index in [1.807, 2.05) is 43.3 Å². The number of benzene rings is 2. The van der Waals surface area contributed by atoms with Gasteiger partial charge in [-0.15, -0.1) is 0 Å². The second-order valence-electron chi connectivity index (χ2n) is 5.29. The highest BCUT2D eigenvalue weighted by Crippen LogP contribution is 2.39. The van der Waals surface area contributed by atoms with E-state index in [2.05, 4.69) is 5.32 Å². The second-order valence-corrected chi connectivity index (χ2v) is 5.29. The highest BCUT2D eigenvalue weighted by molar-refractivity contribution is 5.80. The van der Waals surface area contributed by atoms with Gasteiger partial charge >= 0.3 is 0 Å². The van der Waals surface area contributed by atoms with Crippen molar-refractivity contribution in [2.75, 3.05) is 0 Å². The van der Waals surface area contributed by atoms with Gasteiger partial charge in [-0.2, -0.15) is 0 Å². The summed E-state index contributed by atoms with van der Waals surface area (Å²) in [5.41, 5.74) is 2.65. The van der Waals surface area contributed by atoms with Crippen molar-refractivity contribution in [1.82, 2.24) is 5.32 Å². The fourth-order valence-electron chi connectivity index (χ4n) is 2.86. The van der Waals surface area contributed by atoms with Crippen molar-refractivity contribution in [3.63, 3.8) is 0 Å². The highest BCUT2D eigenvalue weighted by atomic mass is 19.1. The van der Waals surface area contributed by atoms with E-state index in [0.29, 0.717) is 12.0 Å². The first-order valence-corrected chi connectivity index (χ1v) is 6.75. The third kappa shape index (κ3) is 2.31. The average Bonchev–Trinajstić information content (AvgIpc) is 2.84. The Morgan fingerprint density at radius 2 is 1.90 bits per heavy atom. The van der Waals surface area contributed by atoms with Crippen LogP contribution in [0.4, 0.5) is 4.39 Å². The van der Waals surface area contributed by atoms with Gasteiger partial charge in [0.05, 0.1) is 6.04 Å². The van der Waals surface area contributed by atoms with Gasteiger partial charge in [-0.25, -0.2) is 4.39 Å². The van der Waals surface area contributed by atoms with E-state index < -0.39 is 0 Å². The molecule has 20 heavy (non-hydrogen) atoms. The second kappa shape index (κ2) is 5.08. The van der Waals surface area contributed by atoms with Gasteiger partial charge < -0.3 is 5.32 Å². The van der Waals surface area contributed by atoms with Crippen LogP contribution in [-0.4, -0.2) is 5.91 Å². The van der Waals surface area contributed by atoms with E-state index in [9.17, 15) is 9.18 Å². The van der Waals surface area contributed by atoms with Crippen molar-refractivity contribution in [2.45, 2.75) is 25.3 Å². The van der Waals surface area contributed by atoms with Crippen LogP contribution in [0, 0.1) is 12.7 Å². The van der Waals surface area contributed by atoms with Gasteiger partial charge in [0.2, 0.25) is 5.91 Å². The molecule has 0 aromatic heterocycles. The lowest BCUT2D eigenvalue weighted by molar-refractivity contribution is -0.119. The largest absolute Gasteiger partial charge is 0.349 e. The summed E-state index contributed by atoms with van der Waals surface area (Å²) in [6, 6.07) is 14.7. The lowest BCUT2D eigenvalue weighted by Crippen LogP contribution is -2.20. The minimum atomic E-state index is -0.238. The van der Waals surface area contributed by atoms with Gasteiger partial charge in [-0.1, -0.05) is 48.0 Å². The summed E-state index contributed by atoms with van der Waals surface area (Å²) in [5, 5.41) is 2.96. The molecule has 1 aliphatic rings. The number of halogens is 1. The van der Waals surface area contributed by atoms with Crippen LogP contribution in [0.3, 0.4) is 0 Å². The first-order valence-electron chi connectivity index (χ1n) is 6.75. The number of rotatable bonds is 2. The Morgan fingerprint density at radius 1 is 1.15 bits per heavy atom. The van der Waals surface area contributed by atoms with Crippen LogP contribution in [-0.2, 0) is 4.79 Å². The van der Waals surface area contributed by atoms with Gasteiger partial charge in [0.15, 0.2) is 0 Å². The van der Waals surface area contributed by atoms with E-state index in [1.165, 1.54) is 6.07 Å². The highest BCUT2D eigenvalue weighted by Gasteiger charge is 2.35. The van der Waals surface area contributed by atoms with Gasteiger partial charge in [0.25, 0.3) is 0 Å². The van der Waals surface area contributed by atoms with Crippen LogP contribution in [0.15, 0.2) is 48.5 Å². The molecule has 0 saturated carbocycles. The third-order valence-electron chi connectivity index (χ3n) is 3.83. The van der Waals surface area contributed by atoms with Crippen molar-refractivity contribution in [2.24, 2.45) is 0 Å². The summed E-state index contributed by atoms with van der Waals surface area (Å²) in [7, 11) is 0. The molecular weight excluding hydrogens is 253 g/mol. The summed E-state index contributed by atoms with van der Waals surface area (Å²) < 4.78 is 14.1. The predicted octanol–water partition coefficient (Wildman–Crippen LogP) is 3.48. The molecule has 0 bridgehead atoms. The molecule has 1 N–H and O–H groups in total. The molecule has 102 valence electrons. The van der Waals surface area contributed by atoms with Crippen LogP contribution >= 0.6 is 0 Å². The molecule has 2 atom stereocenters. The molecule has 0 radical (unpaired) electrons. The maximum atomic E-state index is 14.1. The maximum Gasteiger partial charge on any atom is 0.221 e. The van der Waals surface area contributed by atoms with Gasteiger partial charge in [0, 0.05) is 12.3 Å². The molecule has 0 aliphatic carbocycles. The summed E-state index contributed by atoms with van der Waals surface area (Å²) in [6.45, 7) is 1.94. The monoisotopic (exact) mass is 269 g/mol. The Hall–Kier alpha value is -2.16. The van der Waals surface area contributed by atoms with Crippen molar-refractivity contribution < 1.29 is 9.18 Å². The van der Waals surface area contributed by atoms with Crippen LogP contribution in [0.5, 0.6) is 0 Å². The summed E-state index contributed by atoms with van der Waals surface area (Å²) >= 11 is 0. The van der Waals surface area contributed by atoms with Crippen molar-refractivity contribution in [3.05, 3.63) is 71.0 Å². The quantitative estimate of drug-likeness (QED) is 0.888. The van der Waals surface area contributed by atoms with Crippen LogP contribution in [0.25, 0.3) is 0 Å². The number of aryl methyl sites for hydroxylation is 1.